The minimum absolute atomic E-state index is 0.833. The first kappa shape index (κ1) is 12.3. The van der Waals surface area contributed by atoms with E-state index in [9.17, 15) is 0 Å². The molecule has 0 aliphatic carbocycles. The van der Waals surface area contributed by atoms with Crippen LogP contribution < -0.4 is 5.32 Å². The smallest absolute Gasteiger partial charge is 0.122 e. The number of rotatable bonds is 7. The van der Waals surface area contributed by atoms with Gasteiger partial charge in [0.05, 0.1) is 12.8 Å². The first-order valence-corrected chi connectivity index (χ1v) is 5.80. The third kappa shape index (κ3) is 3.68. The molecule has 1 N–H and O–H groups in total. The highest BCUT2D eigenvalue weighted by molar-refractivity contribution is 5.16. The van der Waals surface area contributed by atoms with E-state index in [0.29, 0.717) is 0 Å². The van der Waals surface area contributed by atoms with Gasteiger partial charge in [0.15, 0.2) is 0 Å². The largest absolute Gasteiger partial charge is 0.468 e. The van der Waals surface area contributed by atoms with Crippen LogP contribution in [0.1, 0.15) is 32.1 Å². The van der Waals surface area contributed by atoms with Crippen molar-refractivity contribution in [1.29, 1.82) is 0 Å². The van der Waals surface area contributed by atoms with Crippen LogP contribution in [0.5, 0.6) is 0 Å². The predicted molar refractivity (Wildman–Crippen MR) is 62.7 cm³/mol. The average molecular weight is 210 g/mol. The van der Waals surface area contributed by atoms with Crippen LogP contribution in [0.15, 0.2) is 16.7 Å². The van der Waals surface area contributed by atoms with E-state index in [4.69, 9.17) is 4.42 Å². The maximum atomic E-state index is 5.47. The second kappa shape index (κ2) is 6.64. The molecule has 1 aromatic rings. The summed E-state index contributed by atoms with van der Waals surface area (Å²) in [4.78, 5) is 2.39. The molecule has 86 valence electrons. The summed E-state index contributed by atoms with van der Waals surface area (Å²) in [6.45, 7) is 11.5. The molecule has 0 bridgehead atoms. The van der Waals surface area contributed by atoms with Gasteiger partial charge in [-0.3, -0.25) is 4.90 Å². The Morgan fingerprint density at radius 2 is 2.00 bits per heavy atom. The Bertz CT molecular complexity index is 266. The van der Waals surface area contributed by atoms with Crippen LogP contribution in [0.25, 0.3) is 0 Å². The zero-order chi connectivity index (χ0) is 11.1. The predicted octanol–water partition coefficient (Wildman–Crippen LogP) is 2.23. The quantitative estimate of drug-likeness (QED) is 0.748. The van der Waals surface area contributed by atoms with Crippen LogP contribution in [0.4, 0.5) is 0 Å². The van der Waals surface area contributed by atoms with Crippen molar-refractivity contribution < 1.29 is 4.42 Å². The van der Waals surface area contributed by atoms with Crippen molar-refractivity contribution in [1.82, 2.24) is 10.2 Å². The minimum Gasteiger partial charge on any atom is -0.468 e. The molecular formula is C12H22N2O. The number of hydrogen-bond donors (Lipinski definition) is 1. The normalized spacial score (nSPS) is 11.2. The minimum atomic E-state index is 0.833. The van der Waals surface area contributed by atoms with Crippen LogP contribution >= 0.6 is 0 Å². The maximum absolute atomic E-state index is 5.47. The van der Waals surface area contributed by atoms with Gasteiger partial charge in [-0.1, -0.05) is 20.8 Å². The number of hydrogen-bond acceptors (Lipinski definition) is 3. The Kier molecular flexibility index (Phi) is 5.43. The van der Waals surface area contributed by atoms with Gasteiger partial charge in [-0.05, 0) is 25.7 Å². The Labute approximate surface area is 92.5 Å². The zero-order valence-corrected chi connectivity index (χ0v) is 10.0. The molecule has 0 spiro atoms. The molecule has 0 fully saturated rings. The summed E-state index contributed by atoms with van der Waals surface area (Å²) in [5.74, 6) is 1.07. The molecule has 3 heteroatoms. The second-order valence-corrected chi connectivity index (χ2v) is 3.61. The van der Waals surface area contributed by atoms with E-state index < -0.39 is 0 Å². The van der Waals surface area contributed by atoms with Crippen LogP contribution in [-0.2, 0) is 13.1 Å². The Hall–Kier alpha value is -0.800. The van der Waals surface area contributed by atoms with Crippen molar-refractivity contribution in [2.45, 2.75) is 33.9 Å². The van der Waals surface area contributed by atoms with Crippen LogP contribution in [0.2, 0.25) is 0 Å². The Balaban J connectivity index is 2.55. The summed E-state index contributed by atoms with van der Waals surface area (Å²) >= 11 is 0. The lowest BCUT2D eigenvalue weighted by molar-refractivity contribution is 0.292. The molecule has 1 aromatic heterocycles. The van der Waals surface area contributed by atoms with Crippen molar-refractivity contribution in [3.63, 3.8) is 0 Å². The lowest BCUT2D eigenvalue weighted by Gasteiger charge is -2.17. The Morgan fingerprint density at radius 1 is 1.27 bits per heavy atom. The summed E-state index contributed by atoms with van der Waals surface area (Å²) in [5, 5.41) is 3.29. The molecule has 0 saturated heterocycles. The summed E-state index contributed by atoms with van der Waals surface area (Å²) in [6.07, 6.45) is 1.78. The molecule has 1 heterocycles. The lowest BCUT2D eigenvalue weighted by atomic mass is 10.2. The fourth-order valence-electron chi connectivity index (χ4n) is 1.59. The van der Waals surface area contributed by atoms with E-state index in [0.717, 1.165) is 38.5 Å². The number of nitrogens with zero attached hydrogens (tertiary/aromatic N) is 1. The van der Waals surface area contributed by atoms with E-state index >= 15 is 0 Å². The van der Waals surface area contributed by atoms with Gasteiger partial charge in [0.1, 0.15) is 5.76 Å². The third-order valence-electron chi connectivity index (χ3n) is 2.66. The SMILES string of the molecule is CCNCc1occc1CN(CC)CC. The van der Waals surface area contributed by atoms with Crippen LogP contribution in [0, 0.1) is 0 Å². The molecule has 0 aromatic carbocycles. The van der Waals surface area contributed by atoms with Crippen molar-refractivity contribution in [3.05, 3.63) is 23.7 Å². The molecule has 3 nitrogen and oxygen atoms in total. The molecular weight excluding hydrogens is 188 g/mol. The Morgan fingerprint density at radius 3 is 2.60 bits per heavy atom. The highest BCUT2D eigenvalue weighted by Crippen LogP contribution is 2.12. The van der Waals surface area contributed by atoms with Gasteiger partial charge in [-0.15, -0.1) is 0 Å². The van der Waals surface area contributed by atoms with Gasteiger partial charge in [0, 0.05) is 12.1 Å². The van der Waals surface area contributed by atoms with Crippen molar-refractivity contribution >= 4 is 0 Å². The summed E-state index contributed by atoms with van der Waals surface area (Å²) in [5.41, 5.74) is 1.31. The molecule has 0 radical (unpaired) electrons. The maximum Gasteiger partial charge on any atom is 0.122 e. The van der Waals surface area contributed by atoms with E-state index in [-0.39, 0.29) is 0 Å². The zero-order valence-electron chi connectivity index (χ0n) is 10.0. The summed E-state index contributed by atoms with van der Waals surface area (Å²) in [6, 6.07) is 2.07. The van der Waals surface area contributed by atoms with Gasteiger partial charge in [0.25, 0.3) is 0 Å². The summed E-state index contributed by atoms with van der Waals surface area (Å²) < 4.78 is 5.47. The fourth-order valence-corrected chi connectivity index (χ4v) is 1.59. The molecule has 0 aliphatic rings. The molecule has 0 unspecified atom stereocenters. The first-order valence-electron chi connectivity index (χ1n) is 5.80. The van der Waals surface area contributed by atoms with Crippen molar-refractivity contribution in [3.8, 4) is 0 Å². The van der Waals surface area contributed by atoms with Crippen molar-refractivity contribution in [2.75, 3.05) is 19.6 Å². The monoisotopic (exact) mass is 210 g/mol. The molecule has 15 heavy (non-hydrogen) atoms. The topological polar surface area (TPSA) is 28.4 Å². The number of nitrogens with one attached hydrogen (secondary N) is 1. The van der Waals surface area contributed by atoms with Crippen LogP contribution in [-0.4, -0.2) is 24.5 Å². The second-order valence-electron chi connectivity index (χ2n) is 3.61. The van der Waals surface area contributed by atoms with Gasteiger partial charge in [0.2, 0.25) is 0 Å². The van der Waals surface area contributed by atoms with Gasteiger partial charge < -0.3 is 9.73 Å². The molecule has 0 saturated carbocycles. The first-order chi connectivity index (χ1) is 7.31. The van der Waals surface area contributed by atoms with E-state index in [1.807, 2.05) is 0 Å². The van der Waals surface area contributed by atoms with Gasteiger partial charge >= 0.3 is 0 Å². The standard InChI is InChI=1S/C12H22N2O/c1-4-13-9-12-11(7-8-15-12)10-14(5-2)6-3/h7-8,13H,4-6,9-10H2,1-3H3. The number of furan rings is 1. The van der Waals surface area contributed by atoms with Gasteiger partial charge in [-0.25, -0.2) is 0 Å². The third-order valence-corrected chi connectivity index (χ3v) is 2.66. The highest BCUT2D eigenvalue weighted by Gasteiger charge is 2.08. The van der Waals surface area contributed by atoms with E-state index in [2.05, 4.69) is 37.1 Å². The molecule has 1 rings (SSSR count). The summed E-state index contributed by atoms with van der Waals surface area (Å²) in [7, 11) is 0. The molecule has 0 aliphatic heterocycles. The molecule has 0 atom stereocenters. The van der Waals surface area contributed by atoms with Crippen molar-refractivity contribution in [2.24, 2.45) is 0 Å². The average Bonchev–Trinajstić information content (AvgIpc) is 2.70. The van der Waals surface area contributed by atoms with Gasteiger partial charge in [-0.2, -0.15) is 0 Å². The lowest BCUT2D eigenvalue weighted by Crippen LogP contribution is -2.23. The van der Waals surface area contributed by atoms with Crippen LogP contribution in [0.3, 0.4) is 0 Å². The van der Waals surface area contributed by atoms with E-state index in [1.165, 1.54) is 5.56 Å². The fraction of sp³-hybridized carbons (Fsp3) is 0.667. The van der Waals surface area contributed by atoms with E-state index in [1.54, 1.807) is 6.26 Å². The highest BCUT2D eigenvalue weighted by atomic mass is 16.3. The molecule has 0 amide bonds.